The van der Waals surface area contributed by atoms with Gasteiger partial charge in [0.2, 0.25) is 0 Å². The summed E-state index contributed by atoms with van der Waals surface area (Å²) >= 11 is 0. The van der Waals surface area contributed by atoms with Crippen LogP contribution in [0.3, 0.4) is 0 Å². The fraction of sp³-hybridized carbons (Fsp3) is 0.250. The third-order valence-electron chi connectivity index (χ3n) is 3.24. The molecule has 20 heavy (non-hydrogen) atoms. The molecular formula is C16H17N3O. The summed E-state index contributed by atoms with van der Waals surface area (Å²) in [5, 5.41) is 9.33. The monoisotopic (exact) mass is 267 g/mol. The lowest BCUT2D eigenvalue weighted by Gasteiger charge is -2.22. The van der Waals surface area contributed by atoms with E-state index < -0.39 is 0 Å². The number of hydrogen-bond donors (Lipinski definition) is 0. The van der Waals surface area contributed by atoms with E-state index in [4.69, 9.17) is 4.74 Å². The van der Waals surface area contributed by atoms with Crippen LogP contribution in [0.5, 0.6) is 5.75 Å². The van der Waals surface area contributed by atoms with Gasteiger partial charge in [0, 0.05) is 18.4 Å². The van der Waals surface area contributed by atoms with E-state index in [0.717, 1.165) is 28.5 Å². The minimum absolute atomic E-state index is 0.605. The molecule has 0 radical (unpaired) electrons. The van der Waals surface area contributed by atoms with Gasteiger partial charge in [-0.2, -0.15) is 5.26 Å². The van der Waals surface area contributed by atoms with Crippen molar-refractivity contribution in [2.45, 2.75) is 13.8 Å². The molecule has 0 atom stereocenters. The van der Waals surface area contributed by atoms with Crippen molar-refractivity contribution in [1.29, 1.82) is 5.26 Å². The molecule has 0 spiro atoms. The second-order valence-electron chi connectivity index (χ2n) is 4.61. The SMILES string of the molecule is COc1ccc(N(C)c2cc(C)nc(C)c2C#N)cc1. The van der Waals surface area contributed by atoms with E-state index in [1.54, 1.807) is 7.11 Å². The van der Waals surface area contributed by atoms with E-state index in [9.17, 15) is 5.26 Å². The fourth-order valence-corrected chi connectivity index (χ4v) is 2.16. The third-order valence-corrected chi connectivity index (χ3v) is 3.24. The fourth-order valence-electron chi connectivity index (χ4n) is 2.16. The maximum Gasteiger partial charge on any atom is 0.119 e. The summed E-state index contributed by atoms with van der Waals surface area (Å²) in [5.74, 6) is 0.810. The molecule has 1 heterocycles. The molecule has 1 aromatic heterocycles. The molecule has 2 aromatic rings. The first-order valence-electron chi connectivity index (χ1n) is 6.33. The summed E-state index contributed by atoms with van der Waals surface area (Å²) in [4.78, 5) is 6.33. The Hall–Kier alpha value is -2.54. The number of anilines is 2. The predicted octanol–water partition coefficient (Wildman–Crippen LogP) is 3.35. The lowest BCUT2D eigenvalue weighted by Crippen LogP contribution is -2.12. The Morgan fingerprint density at radius 1 is 1.20 bits per heavy atom. The second kappa shape index (κ2) is 5.62. The highest BCUT2D eigenvalue weighted by Crippen LogP contribution is 2.29. The molecule has 0 saturated carbocycles. The molecule has 0 bridgehead atoms. The first-order valence-corrected chi connectivity index (χ1v) is 6.33. The van der Waals surface area contributed by atoms with Crippen molar-refractivity contribution in [3.05, 3.63) is 47.3 Å². The minimum Gasteiger partial charge on any atom is -0.497 e. The van der Waals surface area contributed by atoms with Gasteiger partial charge in [0.25, 0.3) is 0 Å². The summed E-state index contributed by atoms with van der Waals surface area (Å²) in [5.41, 5.74) is 4.11. The first-order chi connectivity index (χ1) is 9.56. The van der Waals surface area contributed by atoms with E-state index in [-0.39, 0.29) is 0 Å². The molecule has 0 aliphatic rings. The molecule has 0 saturated heterocycles. The van der Waals surface area contributed by atoms with Crippen LogP contribution in [0.15, 0.2) is 30.3 Å². The van der Waals surface area contributed by atoms with Crippen LogP contribution < -0.4 is 9.64 Å². The molecule has 4 nitrogen and oxygen atoms in total. The van der Waals surface area contributed by atoms with Crippen LogP contribution in [-0.2, 0) is 0 Å². The number of aryl methyl sites for hydroxylation is 2. The van der Waals surface area contributed by atoms with Crippen LogP contribution in [0.4, 0.5) is 11.4 Å². The number of nitrogens with zero attached hydrogens (tertiary/aromatic N) is 3. The Labute approximate surface area is 119 Å². The molecular weight excluding hydrogens is 250 g/mol. The van der Waals surface area contributed by atoms with Crippen LogP contribution in [0.1, 0.15) is 17.0 Å². The van der Waals surface area contributed by atoms with Crippen LogP contribution in [0.25, 0.3) is 0 Å². The van der Waals surface area contributed by atoms with Gasteiger partial charge in [-0.3, -0.25) is 4.98 Å². The summed E-state index contributed by atoms with van der Waals surface area (Å²) in [6, 6.07) is 11.9. The van der Waals surface area contributed by atoms with Crippen molar-refractivity contribution in [2.24, 2.45) is 0 Å². The van der Waals surface area contributed by atoms with Gasteiger partial charge < -0.3 is 9.64 Å². The molecule has 102 valence electrons. The Morgan fingerprint density at radius 2 is 1.85 bits per heavy atom. The zero-order chi connectivity index (χ0) is 14.7. The summed E-state index contributed by atoms with van der Waals surface area (Å²) in [6.07, 6.45) is 0. The van der Waals surface area contributed by atoms with Gasteiger partial charge in [-0.15, -0.1) is 0 Å². The van der Waals surface area contributed by atoms with Gasteiger partial charge in [0.05, 0.1) is 24.1 Å². The number of hydrogen-bond acceptors (Lipinski definition) is 4. The number of pyridine rings is 1. The first kappa shape index (κ1) is 13.9. The predicted molar refractivity (Wildman–Crippen MR) is 79.5 cm³/mol. The van der Waals surface area contributed by atoms with Crippen molar-refractivity contribution >= 4 is 11.4 Å². The number of methoxy groups -OCH3 is 1. The van der Waals surface area contributed by atoms with E-state index in [2.05, 4.69) is 11.1 Å². The zero-order valence-electron chi connectivity index (χ0n) is 12.1. The highest BCUT2D eigenvalue weighted by molar-refractivity contribution is 5.70. The molecule has 0 aliphatic heterocycles. The molecule has 4 heteroatoms. The molecule has 2 rings (SSSR count). The smallest absolute Gasteiger partial charge is 0.119 e. The maximum absolute atomic E-state index is 9.33. The van der Waals surface area contributed by atoms with Crippen molar-refractivity contribution < 1.29 is 4.74 Å². The van der Waals surface area contributed by atoms with E-state index in [1.165, 1.54) is 0 Å². The number of aromatic nitrogens is 1. The van der Waals surface area contributed by atoms with Gasteiger partial charge >= 0.3 is 0 Å². The standard InChI is InChI=1S/C16H17N3O/c1-11-9-16(15(10-17)12(2)18-11)19(3)13-5-7-14(20-4)8-6-13/h5-9H,1-4H3. The van der Waals surface area contributed by atoms with Gasteiger partial charge in [-0.25, -0.2) is 0 Å². The van der Waals surface area contributed by atoms with Crippen molar-refractivity contribution in [3.63, 3.8) is 0 Å². The largest absolute Gasteiger partial charge is 0.497 e. The van der Waals surface area contributed by atoms with E-state index >= 15 is 0 Å². The Balaban J connectivity index is 2.47. The lowest BCUT2D eigenvalue weighted by atomic mass is 10.1. The Morgan fingerprint density at radius 3 is 2.40 bits per heavy atom. The van der Waals surface area contributed by atoms with Crippen LogP contribution >= 0.6 is 0 Å². The number of rotatable bonds is 3. The van der Waals surface area contributed by atoms with Crippen molar-refractivity contribution in [2.75, 3.05) is 19.1 Å². The van der Waals surface area contributed by atoms with Crippen LogP contribution in [0, 0.1) is 25.2 Å². The maximum atomic E-state index is 9.33. The molecule has 0 unspecified atom stereocenters. The molecule has 0 fully saturated rings. The molecule has 0 amide bonds. The lowest BCUT2D eigenvalue weighted by molar-refractivity contribution is 0.415. The highest BCUT2D eigenvalue weighted by atomic mass is 16.5. The van der Waals surface area contributed by atoms with Crippen molar-refractivity contribution in [1.82, 2.24) is 4.98 Å². The number of nitriles is 1. The highest BCUT2D eigenvalue weighted by Gasteiger charge is 2.13. The van der Waals surface area contributed by atoms with E-state index in [0.29, 0.717) is 5.56 Å². The summed E-state index contributed by atoms with van der Waals surface area (Å²) in [6.45, 7) is 3.79. The zero-order valence-corrected chi connectivity index (χ0v) is 12.1. The molecule has 0 aliphatic carbocycles. The minimum atomic E-state index is 0.605. The number of benzene rings is 1. The topological polar surface area (TPSA) is 49.1 Å². The molecule has 0 N–H and O–H groups in total. The van der Waals surface area contributed by atoms with E-state index in [1.807, 2.05) is 56.1 Å². The Kier molecular flexibility index (Phi) is 3.90. The Bertz CT molecular complexity index is 657. The van der Waals surface area contributed by atoms with Gasteiger partial charge in [0.15, 0.2) is 0 Å². The summed E-state index contributed by atoms with van der Waals surface area (Å²) < 4.78 is 5.16. The quantitative estimate of drug-likeness (QED) is 0.855. The number of ether oxygens (including phenoxy) is 1. The molecule has 1 aromatic carbocycles. The van der Waals surface area contributed by atoms with Gasteiger partial charge in [-0.05, 0) is 44.2 Å². The summed E-state index contributed by atoms with van der Waals surface area (Å²) in [7, 11) is 3.58. The average molecular weight is 267 g/mol. The second-order valence-corrected chi connectivity index (χ2v) is 4.61. The normalized spacial score (nSPS) is 9.95. The van der Waals surface area contributed by atoms with Crippen molar-refractivity contribution in [3.8, 4) is 11.8 Å². The third kappa shape index (κ3) is 2.57. The van der Waals surface area contributed by atoms with Gasteiger partial charge in [0.1, 0.15) is 11.8 Å². The van der Waals surface area contributed by atoms with Crippen LogP contribution in [-0.4, -0.2) is 19.1 Å². The average Bonchev–Trinajstić information content (AvgIpc) is 2.46. The van der Waals surface area contributed by atoms with Crippen LogP contribution in [0.2, 0.25) is 0 Å². The van der Waals surface area contributed by atoms with Gasteiger partial charge in [-0.1, -0.05) is 0 Å².